The van der Waals surface area contributed by atoms with Gasteiger partial charge in [-0.3, -0.25) is 0 Å². The number of morpholine rings is 1. The molecule has 116 valence electrons. The third kappa shape index (κ3) is 3.13. The van der Waals surface area contributed by atoms with Crippen LogP contribution >= 0.6 is 15.9 Å². The van der Waals surface area contributed by atoms with Gasteiger partial charge in [0.1, 0.15) is 0 Å². The Morgan fingerprint density at radius 3 is 2.71 bits per heavy atom. The highest BCUT2D eigenvalue weighted by Gasteiger charge is 2.33. The number of halogens is 1. The fourth-order valence-corrected chi connectivity index (χ4v) is 4.85. The standard InChI is InChI=1S/C13H16BrNO5S/c1-8-5-10(13(16)17)6-11(12(8)14)21(18,19)15-3-4-20-7-9(15)2/h5-6,9H,3-4,7H2,1-2H3,(H,16,17). The Bertz CT molecular complexity index is 673. The van der Waals surface area contributed by atoms with Gasteiger partial charge >= 0.3 is 5.97 Å². The molecule has 2 rings (SSSR count). The molecule has 1 unspecified atom stereocenters. The molecule has 1 fully saturated rings. The van der Waals surface area contributed by atoms with Crippen molar-refractivity contribution >= 4 is 31.9 Å². The van der Waals surface area contributed by atoms with Crippen LogP contribution in [0.5, 0.6) is 0 Å². The maximum atomic E-state index is 12.8. The molecule has 1 saturated heterocycles. The summed E-state index contributed by atoms with van der Waals surface area (Å²) in [5.41, 5.74) is 0.518. The second kappa shape index (κ2) is 6.04. The smallest absolute Gasteiger partial charge is 0.335 e. The van der Waals surface area contributed by atoms with Crippen LogP contribution in [-0.2, 0) is 14.8 Å². The van der Waals surface area contributed by atoms with Crippen molar-refractivity contribution in [2.75, 3.05) is 19.8 Å². The number of aromatic carboxylic acids is 1. The monoisotopic (exact) mass is 377 g/mol. The topological polar surface area (TPSA) is 83.9 Å². The fourth-order valence-electron chi connectivity index (χ4n) is 2.24. The summed E-state index contributed by atoms with van der Waals surface area (Å²) in [6, 6.07) is 2.34. The zero-order valence-corrected chi connectivity index (χ0v) is 14.1. The average molecular weight is 378 g/mol. The number of ether oxygens (including phenoxy) is 1. The number of hydrogen-bond donors (Lipinski definition) is 1. The van der Waals surface area contributed by atoms with Crippen molar-refractivity contribution in [1.29, 1.82) is 0 Å². The molecule has 1 aliphatic rings. The van der Waals surface area contributed by atoms with E-state index in [9.17, 15) is 13.2 Å². The SMILES string of the molecule is Cc1cc(C(=O)O)cc(S(=O)(=O)N2CCOCC2C)c1Br. The highest BCUT2D eigenvalue weighted by atomic mass is 79.9. The van der Waals surface area contributed by atoms with Crippen LogP contribution in [0.15, 0.2) is 21.5 Å². The minimum Gasteiger partial charge on any atom is -0.478 e. The van der Waals surface area contributed by atoms with Gasteiger partial charge in [-0.05, 0) is 47.5 Å². The Hall–Kier alpha value is -0.960. The van der Waals surface area contributed by atoms with E-state index in [1.165, 1.54) is 16.4 Å². The first-order chi connectivity index (χ1) is 9.75. The lowest BCUT2D eigenvalue weighted by Crippen LogP contribution is -2.47. The van der Waals surface area contributed by atoms with Gasteiger partial charge in [0, 0.05) is 17.1 Å². The van der Waals surface area contributed by atoms with Gasteiger partial charge in [-0.2, -0.15) is 4.31 Å². The second-order valence-electron chi connectivity index (χ2n) is 4.95. The molecule has 1 atom stereocenters. The molecule has 0 aromatic heterocycles. The number of hydrogen-bond acceptors (Lipinski definition) is 4. The van der Waals surface area contributed by atoms with Crippen LogP contribution in [0.25, 0.3) is 0 Å². The average Bonchev–Trinajstić information content (AvgIpc) is 2.41. The Kier molecular flexibility index (Phi) is 4.72. The van der Waals surface area contributed by atoms with Crippen LogP contribution < -0.4 is 0 Å². The molecule has 1 aromatic carbocycles. The van der Waals surface area contributed by atoms with Crippen molar-refractivity contribution in [2.24, 2.45) is 0 Å². The molecule has 1 heterocycles. The number of carboxylic acids is 1. The van der Waals surface area contributed by atoms with Crippen LogP contribution in [0.3, 0.4) is 0 Å². The second-order valence-corrected chi connectivity index (χ2v) is 7.60. The van der Waals surface area contributed by atoms with Crippen molar-refractivity contribution < 1.29 is 23.1 Å². The number of rotatable bonds is 3. The number of nitrogens with zero attached hydrogens (tertiary/aromatic N) is 1. The van der Waals surface area contributed by atoms with E-state index in [4.69, 9.17) is 9.84 Å². The van der Waals surface area contributed by atoms with Crippen molar-refractivity contribution in [3.8, 4) is 0 Å². The van der Waals surface area contributed by atoms with Crippen molar-refractivity contribution in [3.05, 3.63) is 27.7 Å². The van der Waals surface area contributed by atoms with Crippen LogP contribution in [0.1, 0.15) is 22.8 Å². The lowest BCUT2D eigenvalue weighted by atomic mass is 10.1. The van der Waals surface area contributed by atoms with Gasteiger partial charge in [-0.15, -0.1) is 0 Å². The van der Waals surface area contributed by atoms with E-state index < -0.39 is 16.0 Å². The van der Waals surface area contributed by atoms with E-state index in [1.54, 1.807) is 13.8 Å². The predicted molar refractivity (Wildman–Crippen MR) is 80.0 cm³/mol. The maximum absolute atomic E-state index is 12.8. The number of carbonyl (C=O) groups is 1. The number of sulfonamides is 1. The summed E-state index contributed by atoms with van der Waals surface area (Å²) >= 11 is 3.26. The molecule has 0 spiro atoms. The Morgan fingerprint density at radius 1 is 1.48 bits per heavy atom. The van der Waals surface area contributed by atoms with Gasteiger partial charge in [-0.1, -0.05) is 0 Å². The molecule has 0 saturated carbocycles. The van der Waals surface area contributed by atoms with E-state index >= 15 is 0 Å². The highest BCUT2D eigenvalue weighted by molar-refractivity contribution is 9.10. The van der Waals surface area contributed by atoms with Crippen LogP contribution in [-0.4, -0.2) is 49.6 Å². The molecular weight excluding hydrogens is 362 g/mol. The summed E-state index contributed by atoms with van der Waals surface area (Å²) in [5, 5.41) is 9.11. The van der Waals surface area contributed by atoms with Gasteiger partial charge in [0.15, 0.2) is 0 Å². The Balaban J connectivity index is 2.56. The predicted octanol–water partition coefficient (Wildman–Crippen LogP) is 1.87. The minimum atomic E-state index is -3.78. The third-order valence-electron chi connectivity index (χ3n) is 3.36. The number of benzene rings is 1. The molecule has 21 heavy (non-hydrogen) atoms. The van der Waals surface area contributed by atoms with Gasteiger partial charge in [0.25, 0.3) is 0 Å². The minimum absolute atomic E-state index is 0.0198. The lowest BCUT2D eigenvalue weighted by Gasteiger charge is -2.32. The molecule has 0 radical (unpaired) electrons. The number of carboxylic acid groups (broad SMARTS) is 1. The lowest BCUT2D eigenvalue weighted by molar-refractivity contribution is 0.0392. The summed E-state index contributed by atoms with van der Waals surface area (Å²) < 4.78 is 32.6. The summed E-state index contributed by atoms with van der Waals surface area (Å²) in [4.78, 5) is 11.1. The summed E-state index contributed by atoms with van der Waals surface area (Å²) in [6.07, 6.45) is 0. The summed E-state index contributed by atoms with van der Waals surface area (Å²) in [5.74, 6) is -1.16. The molecule has 0 aliphatic carbocycles. The molecule has 6 nitrogen and oxygen atoms in total. The molecular formula is C13H16BrNO5S. The molecule has 1 N–H and O–H groups in total. The van der Waals surface area contributed by atoms with E-state index in [2.05, 4.69) is 15.9 Å². The molecule has 1 aliphatic heterocycles. The number of aryl methyl sites for hydroxylation is 1. The molecule has 8 heteroatoms. The first kappa shape index (κ1) is 16.4. The van der Waals surface area contributed by atoms with E-state index in [0.29, 0.717) is 23.2 Å². The highest BCUT2D eigenvalue weighted by Crippen LogP contribution is 2.31. The fraction of sp³-hybridized carbons (Fsp3) is 0.462. The first-order valence-corrected chi connectivity index (χ1v) is 8.61. The summed E-state index contributed by atoms with van der Waals surface area (Å²) in [6.45, 7) is 4.34. The Labute approximate surface area is 131 Å². The first-order valence-electron chi connectivity index (χ1n) is 6.38. The van der Waals surface area contributed by atoms with Crippen molar-refractivity contribution in [3.63, 3.8) is 0 Å². The largest absolute Gasteiger partial charge is 0.478 e. The molecule has 0 bridgehead atoms. The van der Waals surface area contributed by atoms with Crippen LogP contribution in [0.4, 0.5) is 0 Å². The van der Waals surface area contributed by atoms with Gasteiger partial charge < -0.3 is 9.84 Å². The third-order valence-corrected chi connectivity index (χ3v) is 6.71. The molecule has 1 aromatic rings. The zero-order valence-electron chi connectivity index (χ0n) is 11.7. The van der Waals surface area contributed by atoms with Crippen molar-refractivity contribution in [1.82, 2.24) is 4.31 Å². The van der Waals surface area contributed by atoms with E-state index in [1.807, 2.05) is 0 Å². The molecule has 0 amide bonds. The van der Waals surface area contributed by atoms with Crippen molar-refractivity contribution in [2.45, 2.75) is 24.8 Å². The summed E-state index contributed by atoms with van der Waals surface area (Å²) in [7, 11) is -3.78. The van der Waals surface area contributed by atoms with Crippen LogP contribution in [0, 0.1) is 6.92 Å². The maximum Gasteiger partial charge on any atom is 0.335 e. The van der Waals surface area contributed by atoms with Gasteiger partial charge in [0.05, 0.1) is 23.7 Å². The van der Waals surface area contributed by atoms with Gasteiger partial charge in [0.2, 0.25) is 10.0 Å². The normalized spacial score (nSPS) is 20.4. The van der Waals surface area contributed by atoms with E-state index in [-0.39, 0.29) is 23.0 Å². The quantitative estimate of drug-likeness (QED) is 0.868. The van der Waals surface area contributed by atoms with E-state index in [0.717, 1.165) is 0 Å². The zero-order chi connectivity index (χ0) is 15.8. The van der Waals surface area contributed by atoms with Gasteiger partial charge in [-0.25, -0.2) is 13.2 Å². The van der Waals surface area contributed by atoms with Crippen LogP contribution in [0.2, 0.25) is 0 Å². The Morgan fingerprint density at radius 2 is 2.14 bits per heavy atom.